The van der Waals surface area contributed by atoms with Crippen molar-refractivity contribution in [1.29, 1.82) is 0 Å². The molecule has 1 saturated carbocycles. The molecule has 1 aliphatic carbocycles. The molecule has 13 heteroatoms. The molecule has 3 aliphatic heterocycles. The van der Waals surface area contributed by atoms with Crippen LogP contribution in [0.3, 0.4) is 0 Å². The number of amides is 1. The zero-order valence-corrected chi connectivity index (χ0v) is 25.3. The lowest BCUT2D eigenvalue weighted by Gasteiger charge is -2.36. The quantitative estimate of drug-likeness (QED) is 0.418. The zero-order valence-electron chi connectivity index (χ0n) is 25.3. The second-order valence-corrected chi connectivity index (χ2v) is 12.9. The number of benzene rings is 1. The van der Waals surface area contributed by atoms with Gasteiger partial charge in [0.1, 0.15) is 0 Å². The summed E-state index contributed by atoms with van der Waals surface area (Å²) in [5, 5.41) is 9.40. The number of halogens is 5. The Morgan fingerprint density at radius 3 is 2.27 bits per heavy atom. The third-order valence-electron chi connectivity index (χ3n) is 10.2. The number of ether oxygens (including phenoxy) is 2. The number of carboxylic acid groups (broad SMARTS) is 1. The van der Waals surface area contributed by atoms with E-state index in [1.807, 2.05) is 4.90 Å². The van der Waals surface area contributed by atoms with Gasteiger partial charge in [-0.15, -0.1) is 0 Å². The number of carbonyl (C=O) groups is 2. The molecular formula is C31H42F5N3O5. The highest BCUT2D eigenvalue weighted by Crippen LogP contribution is 2.46. The number of methoxy groups -OCH3 is 2. The molecule has 1 amide bonds. The topological polar surface area (TPSA) is 82.6 Å². The minimum absolute atomic E-state index is 0.00911. The first-order valence-electron chi connectivity index (χ1n) is 15.4. The predicted octanol–water partition coefficient (Wildman–Crippen LogP) is 4.66. The van der Waals surface area contributed by atoms with Crippen molar-refractivity contribution in [2.24, 2.45) is 5.92 Å². The van der Waals surface area contributed by atoms with Crippen LogP contribution in [0.15, 0.2) is 18.2 Å². The van der Waals surface area contributed by atoms with Crippen molar-refractivity contribution in [3.63, 3.8) is 0 Å². The lowest BCUT2D eigenvalue weighted by Crippen LogP contribution is -2.49. The minimum atomic E-state index is -4.65. The van der Waals surface area contributed by atoms with Crippen LogP contribution in [-0.4, -0.2) is 110 Å². The summed E-state index contributed by atoms with van der Waals surface area (Å²) >= 11 is 0. The van der Waals surface area contributed by atoms with Gasteiger partial charge in [0.2, 0.25) is 5.67 Å². The number of hydrogen-bond donors (Lipinski definition) is 1. The van der Waals surface area contributed by atoms with Gasteiger partial charge in [0.05, 0.1) is 30.7 Å². The maximum Gasteiger partial charge on any atom is 0.416 e. The van der Waals surface area contributed by atoms with E-state index in [1.165, 1.54) is 18.1 Å². The van der Waals surface area contributed by atoms with Crippen LogP contribution in [0.4, 0.5) is 27.6 Å². The van der Waals surface area contributed by atoms with Crippen molar-refractivity contribution in [2.75, 3.05) is 65.0 Å². The average Bonchev–Trinajstić information content (AvgIpc) is 3.57. The summed E-state index contributed by atoms with van der Waals surface area (Å²) in [5.41, 5.74) is -4.87. The molecule has 4 aliphatic rings. The third kappa shape index (κ3) is 6.55. The van der Waals surface area contributed by atoms with Crippen molar-refractivity contribution in [1.82, 2.24) is 9.80 Å². The van der Waals surface area contributed by atoms with E-state index in [1.54, 1.807) is 12.0 Å². The summed E-state index contributed by atoms with van der Waals surface area (Å²) in [6, 6.07) is 3.25. The normalized spacial score (nSPS) is 32.4. The maximum atomic E-state index is 16.8. The van der Waals surface area contributed by atoms with Crippen molar-refractivity contribution in [3.8, 4) is 0 Å². The first-order valence-corrected chi connectivity index (χ1v) is 15.4. The summed E-state index contributed by atoms with van der Waals surface area (Å²) < 4.78 is 85.1. The smallest absolute Gasteiger partial charge is 0.416 e. The van der Waals surface area contributed by atoms with Gasteiger partial charge in [0.15, 0.2) is 5.67 Å². The maximum absolute atomic E-state index is 16.8. The standard InChI is InChI=1S/C31H42F5N3O5/c1-43-19-30(33)18-39(28(42)29(32)11-14-38(17-29)22-4-6-23(44-2)7-5-22)16-25(30)24-8-3-21(31(34,35)36)15-26(24)37-12-9-20(10-13-37)27(40)41/h3,8,15,20,22-23,25H,4-7,9-14,16-19H2,1-2H3,(H,40,41)/t22-,23-,25-,29-,30+/m1/s1. The highest BCUT2D eigenvalue weighted by Gasteiger charge is 2.56. The Bertz CT molecular complexity index is 1200. The lowest BCUT2D eigenvalue weighted by atomic mass is 9.84. The largest absolute Gasteiger partial charge is 0.481 e. The van der Waals surface area contributed by atoms with E-state index in [-0.39, 0.29) is 68.8 Å². The molecule has 1 aromatic carbocycles. The Morgan fingerprint density at radius 1 is 1.00 bits per heavy atom. The molecule has 3 atom stereocenters. The number of aliphatic carboxylic acids is 1. The average molecular weight is 632 g/mol. The molecule has 0 spiro atoms. The highest BCUT2D eigenvalue weighted by molar-refractivity contribution is 5.86. The molecule has 3 heterocycles. The second kappa shape index (κ2) is 12.7. The number of rotatable bonds is 8. The second-order valence-electron chi connectivity index (χ2n) is 12.9. The van der Waals surface area contributed by atoms with Gasteiger partial charge in [-0.3, -0.25) is 14.5 Å². The van der Waals surface area contributed by atoms with Crippen molar-refractivity contribution >= 4 is 17.6 Å². The molecule has 246 valence electrons. The van der Waals surface area contributed by atoms with Crippen LogP contribution in [0.5, 0.6) is 0 Å². The molecule has 4 fully saturated rings. The van der Waals surface area contributed by atoms with Gasteiger partial charge in [0.25, 0.3) is 5.91 Å². The molecule has 3 saturated heterocycles. The molecule has 0 radical (unpaired) electrons. The Kier molecular flexibility index (Phi) is 9.49. The van der Waals surface area contributed by atoms with E-state index >= 15 is 8.78 Å². The van der Waals surface area contributed by atoms with Gasteiger partial charge in [-0.05, 0) is 56.2 Å². The fourth-order valence-corrected chi connectivity index (χ4v) is 7.67. The van der Waals surface area contributed by atoms with Gasteiger partial charge in [-0.1, -0.05) is 6.07 Å². The molecular weight excluding hydrogens is 589 g/mol. The fourth-order valence-electron chi connectivity index (χ4n) is 7.67. The molecule has 1 N–H and O–H groups in total. The van der Waals surface area contributed by atoms with Crippen LogP contribution >= 0.6 is 0 Å². The van der Waals surface area contributed by atoms with E-state index in [2.05, 4.69) is 0 Å². The van der Waals surface area contributed by atoms with E-state index in [4.69, 9.17) is 9.47 Å². The van der Waals surface area contributed by atoms with E-state index in [0.717, 1.165) is 37.8 Å². The number of likely N-dealkylation sites (tertiary alicyclic amines) is 2. The summed E-state index contributed by atoms with van der Waals surface area (Å²) in [4.78, 5) is 30.0. The van der Waals surface area contributed by atoms with Crippen LogP contribution in [0, 0.1) is 5.92 Å². The highest BCUT2D eigenvalue weighted by atomic mass is 19.4. The summed E-state index contributed by atoms with van der Waals surface area (Å²) in [5.74, 6) is -3.46. The molecule has 1 aromatic rings. The number of carboxylic acids is 1. The Hall–Kier alpha value is -2.51. The van der Waals surface area contributed by atoms with Gasteiger partial charge in [0, 0.05) is 71.0 Å². The van der Waals surface area contributed by atoms with Gasteiger partial charge in [-0.25, -0.2) is 8.78 Å². The Balaban J connectivity index is 1.39. The lowest BCUT2D eigenvalue weighted by molar-refractivity contribution is -0.143. The molecule has 0 aromatic heterocycles. The van der Waals surface area contributed by atoms with Gasteiger partial charge < -0.3 is 24.4 Å². The molecule has 5 rings (SSSR count). The van der Waals surface area contributed by atoms with Gasteiger partial charge >= 0.3 is 12.1 Å². The summed E-state index contributed by atoms with van der Waals surface area (Å²) in [6.45, 7) is -0.403. The Morgan fingerprint density at radius 2 is 1.68 bits per heavy atom. The predicted molar refractivity (Wildman–Crippen MR) is 152 cm³/mol. The SMILES string of the molecule is COC[C@@]1(F)CN(C(=O)[C@@]2(F)CCN([C@H]3CC[C@H](OC)CC3)C2)C[C@@H]1c1ccc(C(F)(F)F)cc1N1CCC(C(=O)O)CC1. The van der Waals surface area contributed by atoms with Crippen LogP contribution < -0.4 is 4.90 Å². The van der Waals surface area contributed by atoms with Crippen LogP contribution in [0.25, 0.3) is 0 Å². The first kappa shape index (κ1) is 32.9. The van der Waals surface area contributed by atoms with E-state index in [9.17, 15) is 27.9 Å². The molecule has 44 heavy (non-hydrogen) atoms. The number of alkyl halides is 5. The number of nitrogens with zero attached hydrogens (tertiary/aromatic N) is 3. The van der Waals surface area contributed by atoms with Crippen molar-refractivity contribution in [3.05, 3.63) is 29.3 Å². The zero-order chi connectivity index (χ0) is 31.9. The number of piperidine rings is 1. The van der Waals surface area contributed by atoms with Crippen molar-refractivity contribution < 1.29 is 46.1 Å². The monoisotopic (exact) mass is 631 g/mol. The van der Waals surface area contributed by atoms with Crippen molar-refractivity contribution in [2.45, 2.75) is 80.5 Å². The minimum Gasteiger partial charge on any atom is -0.481 e. The fraction of sp³-hybridized carbons (Fsp3) is 0.742. The van der Waals surface area contributed by atoms with E-state index < -0.39 is 59.9 Å². The van der Waals surface area contributed by atoms with Gasteiger partial charge in [-0.2, -0.15) is 13.2 Å². The molecule has 0 unspecified atom stereocenters. The number of anilines is 1. The number of hydrogen-bond acceptors (Lipinski definition) is 6. The van der Waals surface area contributed by atoms with Crippen LogP contribution in [0.2, 0.25) is 0 Å². The first-order chi connectivity index (χ1) is 20.8. The molecule has 8 nitrogen and oxygen atoms in total. The molecule has 0 bridgehead atoms. The van der Waals surface area contributed by atoms with Crippen LogP contribution in [-0.2, 0) is 25.2 Å². The van der Waals surface area contributed by atoms with E-state index in [0.29, 0.717) is 6.54 Å². The van der Waals surface area contributed by atoms with Crippen LogP contribution in [0.1, 0.15) is 62.0 Å². The summed E-state index contributed by atoms with van der Waals surface area (Å²) in [7, 11) is 2.98. The number of carbonyl (C=O) groups excluding carboxylic acids is 1. The Labute approximate surface area is 254 Å². The third-order valence-corrected chi connectivity index (χ3v) is 10.2. The summed E-state index contributed by atoms with van der Waals surface area (Å²) in [6.07, 6.45) is -0.601.